The van der Waals surface area contributed by atoms with Crippen LogP contribution in [-0.2, 0) is 9.53 Å². The van der Waals surface area contributed by atoms with Crippen LogP contribution in [0.5, 0.6) is 0 Å². The van der Waals surface area contributed by atoms with Gasteiger partial charge in [-0.3, -0.25) is 0 Å². The van der Waals surface area contributed by atoms with Crippen LogP contribution in [0.4, 0.5) is 0 Å². The van der Waals surface area contributed by atoms with Gasteiger partial charge in [0.15, 0.2) is 0 Å². The molecule has 2 heterocycles. The molecule has 26 heavy (non-hydrogen) atoms. The van der Waals surface area contributed by atoms with E-state index >= 15 is 0 Å². The van der Waals surface area contributed by atoms with Crippen LogP contribution >= 0.6 is 11.8 Å². The van der Waals surface area contributed by atoms with Crippen molar-refractivity contribution in [1.82, 2.24) is 9.80 Å². The lowest BCUT2D eigenvalue weighted by atomic mass is 9.88. The third kappa shape index (κ3) is 4.39. The second-order valence-corrected chi connectivity index (χ2v) is 8.83. The largest absolute Gasteiger partial charge is 0.478 e. The zero-order valence-corrected chi connectivity index (χ0v) is 16.9. The maximum atomic E-state index is 12.0. The highest BCUT2D eigenvalue weighted by atomic mass is 32.2. The van der Waals surface area contributed by atoms with Crippen molar-refractivity contribution in [3.63, 3.8) is 0 Å². The molecular formula is C20H32N2O3S. The summed E-state index contributed by atoms with van der Waals surface area (Å²) in [5, 5.41) is 9.77. The summed E-state index contributed by atoms with van der Waals surface area (Å²) in [7, 11) is 0. The normalized spacial score (nSPS) is 25.5. The van der Waals surface area contributed by atoms with Gasteiger partial charge in [0.05, 0.1) is 18.8 Å². The van der Waals surface area contributed by atoms with Crippen LogP contribution in [0.15, 0.2) is 23.0 Å². The van der Waals surface area contributed by atoms with Crippen LogP contribution in [0.2, 0.25) is 0 Å². The van der Waals surface area contributed by atoms with Gasteiger partial charge in [0.25, 0.3) is 0 Å². The highest BCUT2D eigenvalue weighted by molar-refractivity contribution is 8.00. The van der Waals surface area contributed by atoms with Crippen molar-refractivity contribution in [3.05, 3.63) is 23.0 Å². The number of ether oxygens (including phenoxy) is 1. The molecule has 0 aromatic heterocycles. The molecule has 146 valence electrons. The van der Waals surface area contributed by atoms with Crippen LogP contribution in [0.3, 0.4) is 0 Å². The fourth-order valence-electron chi connectivity index (χ4n) is 4.33. The lowest BCUT2D eigenvalue weighted by Gasteiger charge is -2.46. The Morgan fingerprint density at radius 1 is 1.27 bits per heavy atom. The molecule has 2 fully saturated rings. The summed E-state index contributed by atoms with van der Waals surface area (Å²) in [6, 6.07) is 0. The predicted octanol–water partition coefficient (Wildman–Crippen LogP) is 3.54. The van der Waals surface area contributed by atoms with E-state index in [1.165, 1.54) is 37.9 Å². The van der Waals surface area contributed by atoms with E-state index in [9.17, 15) is 9.90 Å². The fourth-order valence-corrected chi connectivity index (χ4v) is 5.48. The van der Waals surface area contributed by atoms with E-state index in [1.807, 2.05) is 6.92 Å². The Kier molecular flexibility index (Phi) is 6.92. The Bertz CT molecular complexity index is 563. The van der Waals surface area contributed by atoms with E-state index in [4.69, 9.17) is 4.74 Å². The average molecular weight is 381 g/mol. The standard InChI is InChI=1S/C20H32N2O3S/c1-3-26-19-18(20(23)24)15(2)13-17(21-9-11-25-12-10-21)22(19)14-16-7-5-4-6-8-16/h13,16,19H,3-12,14H2,1-2H3,(H,23,24). The number of allylic oxidation sites excluding steroid dienone is 2. The first-order chi connectivity index (χ1) is 12.6. The average Bonchev–Trinajstić information content (AvgIpc) is 2.65. The number of hydrogen-bond acceptors (Lipinski definition) is 5. The minimum atomic E-state index is -0.778. The zero-order chi connectivity index (χ0) is 18.5. The number of morpholine rings is 1. The minimum Gasteiger partial charge on any atom is -0.478 e. The Labute approximate surface area is 161 Å². The molecule has 2 aliphatic heterocycles. The minimum absolute atomic E-state index is 0.0951. The summed E-state index contributed by atoms with van der Waals surface area (Å²) in [4.78, 5) is 16.8. The van der Waals surface area contributed by atoms with Gasteiger partial charge >= 0.3 is 5.97 Å². The Hall–Kier alpha value is -1.14. The van der Waals surface area contributed by atoms with Gasteiger partial charge in [-0.1, -0.05) is 26.2 Å². The molecule has 0 spiro atoms. The van der Waals surface area contributed by atoms with Crippen molar-refractivity contribution in [1.29, 1.82) is 0 Å². The SMILES string of the molecule is CCSC1C(C(=O)O)=C(C)C=C(N2CCOCC2)N1CC1CCCCC1. The quantitative estimate of drug-likeness (QED) is 0.761. The summed E-state index contributed by atoms with van der Waals surface area (Å²) < 4.78 is 5.54. The second kappa shape index (κ2) is 9.18. The first-order valence-corrected chi connectivity index (χ1v) is 11.0. The number of hydrogen-bond donors (Lipinski definition) is 1. The van der Waals surface area contributed by atoms with E-state index in [0.717, 1.165) is 44.2 Å². The van der Waals surface area contributed by atoms with Crippen molar-refractivity contribution >= 4 is 17.7 Å². The number of thioether (sulfide) groups is 1. The summed E-state index contributed by atoms with van der Waals surface area (Å²) in [6.45, 7) is 8.28. The molecule has 3 rings (SSSR count). The number of nitrogens with zero attached hydrogens (tertiary/aromatic N) is 2. The first-order valence-electron chi connectivity index (χ1n) is 9.98. The number of carbonyl (C=O) groups is 1. The monoisotopic (exact) mass is 380 g/mol. The molecular weight excluding hydrogens is 348 g/mol. The predicted molar refractivity (Wildman–Crippen MR) is 106 cm³/mol. The van der Waals surface area contributed by atoms with Crippen molar-refractivity contribution in [2.24, 2.45) is 5.92 Å². The molecule has 0 amide bonds. The van der Waals surface area contributed by atoms with E-state index in [2.05, 4.69) is 22.8 Å². The van der Waals surface area contributed by atoms with Crippen LogP contribution < -0.4 is 0 Å². The van der Waals surface area contributed by atoms with Crippen LogP contribution in [-0.4, -0.2) is 64.9 Å². The van der Waals surface area contributed by atoms with Crippen molar-refractivity contribution in [3.8, 4) is 0 Å². The number of aliphatic carboxylic acids is 1. The van der Waals surface area contributed by atoms with Gasteiger partial charge in [-0.25, -0.2) is 4.79 Å². The molecule has 0 bridgehead atoms. The maximum absolute atomic E-state index is 12.0. The Morgan fingerprint density at radius 2 is 1.96 bits per heavy atom. The molecule has 1 saturated heterocycles. The molecule has 1 saturated carbocycles. The van der Waals surface area contributed by atoms with Crippen LogP contribution in [0, 0.1) is 5.92 Å². The van der Waals surface area contributed by atoms with Crippen molar-refractivity contribution < 1.29 is 14.6 Å². The molecule has 1 unspecified atom stereocenters. The van der Waals surface area contributed by atoms with E-state index in [1.54, 1.807) is 11.8 Å². The van der Waals surface area contributed by atoms with Gasteiger partial charge in [0.1, 0.15) is 11.2 Å². The molecule has 1 aliphatic carbocycles. The molecule has 1 N–H and O–H groups in total. The molecule has 5 nitrogen and oxygen atoms in total. The first kappa shape index (κ1) is 19.6. The van der Waals surface area contributed by atoms with E-state index < -0.39 is 5.97 Å². The maximum Gasteiger partial charge on any atom is 0.334 e. The molecule has 0 aromatic rings. The van der Waals surface area contributed by atoms with Crippen molar-refractivity contribution in [2.75, 3.05) is 38.6 Å². The van der Waals surface area contributed by atoms with Crippen LogP contribution in [0.1, 0.15) is 46.0 Å². The lowest BCUT2D eigenvalue weighted by molar-refractivity contribution is -0.133. The third-order valence-corrected chi connectivity index (χ3v) is 6.80. The highest BCUT2D eigenvalue weighted by Crippen LogP contribution is 2.37. The summed E-state index contributed by atoms with van der Waals surface area (Å²) in [5.74, 6) is 2.00. The van der Waals surface area contributed by atoms with Gasteiger partial charge in [-0.2, -0.15) is 0 Å². The summed E-state index contributed by atoms with van der Waals surface area (Å²) in [6.07, 6.45) is 8.59. The van der Waals surface area contributed by atoms with Gasteiger partial charge in [0.2, 0.25) is 0 Å². The summed E-state index contributed by atoms with van der Waals surface area (Å²) >= 11 is 1.75. The lowest BCUT2D eigenvalue weighted by Crippen LogP contribution is -2.49. The van der Waals surface area contributed by atoms with Gasteiger partial charge in [-0.05, 0) is 43.1 Å². The van der Waals surface area contributed by atoms with Crippen LogP contribution in [0.25, 0.3) is 0 Å². The molecule has 3 aliphatic rings. The number of rotatable bonds is 6. The van der Waals surface area contributed by atoms with E-state index in [-0.39, 0.29) is 5.37 Å². The molecule has 0 aromatic carbocycles. The molecule has 6 heteroatoms. The zero-order valence-electron chi connectivity index (χ0n) is 16.1. The van der Waals surface area contributed by atoms with Gasteiger partial charge in [-0.15, -0.1) is 11.8 Å². The number of carboxylic acid groups (broad SMARTS) is 1. The number of carboxylic acids is 1. The third-order valence-electron chi connectivity index (χ3n) is 5.66. The van der Waals surface area contributed by atoms with Gasteiger partial charge < -0.3 is 19.6 Å². The van der Waals surface area contributed by atoms with Gasteiger partial charge in [0, 0.05) is 19.6 Å². The Morgan fingerprint density at radius 3 is 2.58 bits per heavy atom. The smallest absolute Gasteiger partial charge is 0.334 e. The molecule has 0 radical (unpaired) electrons. The van der Waals surface area contributed by atoms with E-state index in [0.29, 0.717) is 11.5 Å². The highest BCUT2D eigenvalue weighted by Gasteiger charge is 2.36. The topological polar surface area (TPSA) is 53.0 Å². The summed E-state index contributed by atoms with van der Waals surface area (Å²) in [5.41, 5.74) is 1.45. The molecule has 1 atom stereocenters. The second-order valence-electron chi connectivity index (χ2n) is 7.47. The Balaban J connectivity index is 1.92. The van der Waals surface area contributed by atoms with Crippen molar-refractivity contribution in [2.45, 2.75) is 51.3 Å². The fraction of sp³-hybridized carbons (Fsp3) is 0.750.